The number of β-lactam (4-membered cyclic amide) rings is 1. The zero-order chi connectivity index (χ0) is 31.8. The number of hydrogen-bond acceptors (Lipinski definition) is 9. The first-order valence-corrected chi connectivity index (χ1v) is 14.9. The largest absolute Gasteiger partial charge is 0.477 e. The van der Waals surface area contributed by atoms with Crippen LogP contribution in [0.4, 0.5) is 5.69 Å². The predicted octanol–water partition coefficient (Wildman–Crippen LogP) is 4.35. The molecule has 1 amide bonds. The molecule has 45 heavy (non-hydrogen) atoms. The van der Waals surface area contributed by atoms with Crippen molar-refractivity contribution >= 4 is 56.0 Å². The summed E-state index contributed by atoms with van der Waals surface area (Å²) >= 11 is 1.19. The third-order valence-corrected chi connectivity index (χ3v) is 9.94. The van der Waals surface area contributed by atoms with Crippen LogP contribution < -0.4 is 0 Å². The number of carbonyl (C=O) groups excluding carboxylic acids is 2. The van der Waals surface area contributed by atoms with Crippen molar-refractivity contribution in [2.45, 2.75) is 32.4 Å². The fourth-order valence-electron chi connectivity index (χ4n) is 6.81. The lowest BCUT2D eigenvalue weighted by Gasteiger charge is -2.51. The van der Waals surface area contributed by atoms with E-state index in [1.807, 2.05) is 31.2 Å². The molecule has 5 heterocycles. The summed E-state index contributed by atoms with van der Waals surface area (Å²) in [6.45, 7) is 3.35. The molecule has 2 aromatic carbocycles. The van der Waals surface area contributed by atoms with E-state index >= 15 is 0 Å². The van der Waals surface area contributed by atoms with E-state index in [2.05, 4.69) is 9.97 Å². The average molecular weight is 624 g/mol. The van der Waals surface area contributed by atoms with Gasteiger partial charge in [-0.1, -0.05) is 37.3 Å². The third-order valence-electron chi connectivity index (χ3n) is 8.81. The smallest absolute Gasteiger partial charge is 0.352 e. The van der Waals surface area contributed by atoms with Crippen molar-refractivity contribution in [1.82, 2.24) is 19.3 Å². The molecule has 5 aromatic rings. The van der Waals surface area contributed by atoms with Crippen molar-refractivity contribution < 1.29 is 29.5 Å². The number of non-ortho nitro benzene ring substituents is 1. The first kappa shape index (κ1) is 28.5. The van der Waals surface area contributed by atoms with Crippen molar-refractivity contribution in [3.63, 3.8) is 0 Å². The van der Waals surface area contributed by atoms with E-state index in [0.29, 0.717) is 26.4 Å². The van der Waals surface area contributed by atoms with E-state index in [4.69, 9.17) is 0 Å². The van der Waals surface area contributed by atoms with E-state index < -0.39 is 40.3 Å². The van der Waals surface area contributed by atoms with Crippen molar-refractivity contribution in [3.8, 4) is 0 Å². The summed E-state index contributed by atoms with van der Waals surface area (Å²) in [5.74, 6) is -2.97. The second-order valence-corrected chi connectivity index (χ2v) is 12.6. The Bertz CT molecular complexity index is 2120. The number of imidazole rings is 1. The van der Waals surface area contributed by atoms with Gasteiger partial charge in [-0.3, -0.25) is 29.1 Å². The molecule has 2 N–H and O–H groups in total. The molecule has 0 radical (unpaired) electrons. The van der Waals surface area contributed by atoms with Crippen molar-refractivity contribution in [2.75, 3.05) is 0 Å². The maximum atomic E-state index is 13.6. The molecule has 12 nitrogen and oxygen atoms in total. The predicted molar refractivity (Wildman–Crippen MR) is 164 cm³/mol. The number of carboxylic acids is 1. The van der Waals surface area contributed by atoms with Gasteiger partial charge in [-0.15, -0.1) is 11.3 Å². The Morgan fingerprint density at radius 1 is 1.16 bits per heavy atom. The number of nitro groups is 1. The SMILES string of the molecule is C[C@@H](O)[C@H]1C(=O)N2C(C(=O)O)=C(c3cn4cnc(C(=O)c5cnc6ccccc6c5)c4s3)[C@](C)(Cc3ccc([N+](=O)[O-])cc3)[C@@H]12. The quantitative estimate of drug-likeness (QED) is 0.110. The summed E-state index contributed by atoms with van der Waals surface area (Å²) < 4.78 is 1.66. The number of pyridine rings is 1. The Balaban J connectivity index is 1.35. The summed E-state index contributed by atoms with van der Waals surface area (Å²) in [7, 11) is 0. The Morgan fingerprint density at radius 3 is 2.58 bits per heavy atom. The van der Waals surface area contributed by atoms with E-state index in [9.17, 15) is 34.7 Å². The number of hydrogen-bond donors (Lipinski definition) is 2. The van der Waals surface area contributed by atoms with Crippen LogP contribution in [0.25, 0.3) is 21.3 Å². The summed E-state index contributed by atoms with van der Waals surface area (Å²) in [5, 5.41) is 33.1. The van der Waals surface area contributed by atoms with Crippen LogP contribution in [-0.2, 0) is 16.0 Å². The number of carboxylic acid groups (broad SMARTS) is 1. The minimum absolute atomic E-state index is 0.0839. The minimum atomic E-state index is -1.30. The van der Waals surface area contributed by atoms with Crippen molar-refractivity contribution in [1.29, 1.82) is 0 Å². The van der Waals surface area contributed by atoms with Gasteiger partial charge in [0.05, 0.1) is 33.4 Å². The van der Waals surface area contributed by atoms with Gasteiger partial charge < -0.3 is 15.1 Å². The number of fused-ring (bicyclic) bond motifs is 3. The number of ketones is 1. The highest BCUT2D eigenvalue weighted by atomic mass is 32.1. The molecule has 13 heteroatoms. The molecule has 3 aromatic heterocycles. The lowest BCUT2D eigenvalue weighted by Crippen LogP contribution is -2.66. The molecule has 4 atom stereocenters. The number of carbonyl (C=O) groups is 3. The fourth-order valence-corrected chi connectivity index (χ4v) is 8.07. The lowest BCUT2D eigenvalue weighted by atomic mass is 9.64. The molecule has 2 aliphatic rings. The van der Waals surface area contributed by atoms with Gasteiger partial charge in [-0.25, -0.2) is 9.78 Å². The summed E-state index contributed by atoms with van der Waals surface area (Å²) in [6, 6.07) is 14.5. The van der Waals surface area contributed by atoms with Crippen LogP contribution in [0.3, 0.4) is 0 Å². The first-order chi connectivity index (χ1) is 21.5. The number of thiazole rings is 1. The number of aliphatic hydroxyl groups is 1. The van der Waals surface area contributed by atoms with Gasteiger partial charge in [0.2, 0.25) is 11.7 Å². The number of nitro benzene ring substituents is 1. The van der Waals surface area contributed by atoms with Gasteiger partial charge in [0.25, 0.3) is 5.69 Å². The number of aliphatic hydroxyl groups excluding tert-OH is 1. The number of rotatable bonds is 8. The fraction of sp³-hybridized carbons (Fsp3) is 0.219. The molecule has 0 bridgehead atoms. The summed E-state index contributed by atoms with van der Waals surface area (Å²) in [6.07, 6.45) is 3.88. The van der Waals surface area contributed by atoms with Crippen LogP contribution in [-0.4, -0.2) is 64.2 Å². The van der Waals surface area contributed by atoms with Crippen LogP contribution in [0.15, 0.2) is 79.0 Å². The standard InChI is InChI=1S/C32H25N5O7S/c1-16(38)23-28-32(2,12-17-7-9-20(10-8-17)37(43)44)24(26(31(41)42)36(28)29(23)40)22-14-35-15-34-25(30(35)45-22)27(39)19-11-18-5-3-4-6-21(18)33-13-19/h3-11,13-16,23,28,38H,12H2,1-2H3,(H,41,42)/t16-,23-,28-,32+/m1/s1. The van der Waals surface area contributed by atoms with Crippen LogP contribution in [0, 0.1) is 21.4 Å². The van der Waals surface area contributed by atoms with E-state index in [1.54, 1.807) is 28.8 Å². The monoisotopic (exact) mass is 623 g/mol. The molecule has 1 saturated heterocycles. The van der Waals surface area contributed by atoms with E-state index in [-0.39, 0.29) is 29.3 Å². The number of para-hydroxylation sites is 1. The molecule has 2 aliphatic heterocycles. The number of amides is 1. The van der Waals surface area contributed by atoms with Gasteiger partial charge in [-0.05, 0) is 31.0 Å². The van der Waals surface area contributed by atoms with Crippen LogP contribution in [0.5, 0.6) is 0 Å². The molecular weight excluding hydrogens is 598 g/mol. The molecule has 226 valence electrons. The molecule has 1 fully saturated rings. The zero-order valence-corrected chi connectivity index (χ0v) is 24.8. The normalized spacial score (nSPS) is 21.7. The first-order valence-electron chi connectivity index (χ1n) is 14.1. The maximum absolute atomic E-state index is 13.6. The number of aromatic nitrogens is 3. The number of benzene rings is 2. The highest BCUT2D eigenvalue weighted by Gasteiger charge is 2.66. The molecule has 0 aliphatic carbocycles. The van der Waals surface area contributed by atoms with Gasteiger partial charge in [0, 0.05) is 46.5 Å². The number of aliphatic carboxylic acids is 1. The van der Waals surface area contributed by atoms with Crippen molar-refractivity contribution in [3.05, 3.63) is 111 Å². The van der Waals surface area contributed by atoms with Crippen LogP contribution >= 0.6 is 11.3 Å². The Morgan fingerprint density at radius 2 is 1.89 bits per heavy atom. The van der Waals surface area contributed by atoms with Gasteiger partial charge in [0.15, 0.2) is 0 Å². The third kappa shape index (κ3) is 4.26. The number of nitrogens with zero attached hydrogens (tertiary/aromatic N) is 5. The summed E-state index contributed by atoms with van der Waals surface area (Å²) in [5.41, 5.74) is 1.08. The van der Waals surface area contributed by atoms with E-state index in [0.717, 1.165) is 10.9 Å². The molecule has 7 rings (SSSR count). The minimum Gasteiger partial charge on any atom is -0.477 e. The average Bonchev–Trinajstić information content (AvgIpc) is 3.65. The molecular formula is C32H25N5O7S. The lowest BCUT2D eigenvalue weighted by molar-refractivity contribution is -0.384. The van der Waals surface area contributed by atoms with Gasteiger partial charge in [0.1, 0.15) is 22.5 Å². The highest BCUT2D eigenvalue weighted by molar-refractivity contribution is 7.18. The Kier molecular flexibility index (Phi) is 6.42. The molecule has 0 saturated carbocycles. The van der Waals surface area contributed by atoms with Crippen LogP contribution in [0.1, 0.15) is 40.3 Å². The Hall–Kier alpha value is -5.27. The Labute approximate surface area is 259 Å². The highest BCUT2D eigenvalue weighted by Crippen LogP contribution is 2.59. The molecule has 0 spiro atoms. The topological polar surface area (TPSA) is 168 Å². The second-order valence-electron chi connectivity index (χ2n) is 11.6. The van der Waals surface area contributed by atoms with Crippen LogP contribution in [0.2, 0.25) is 0 Å². The zero-order valence-electron chi connectivity index (χ0n) is 23.9. The second kappa shape index (κ2) is 10.1. The van der Waals surface area contributed by atoms with Crippen molar-refractivity contribution in [2.24, 2.45) is 11.3 Å². The summed E-state index contributed by atoms with van der Waals surface area (Å²) in [4.78, 5) is 61.5. The maximum Gasteiger partial charge on any atom is 0.352 e. The van der Waals surface area contributed by atoms with Gasteiger partial charge >= 0.3 is 5.97 Å². The van der Waals surface area contributed by atoms with Gasteiger partial charge in [-0.2, -0.15) is 0 Å². The molecule has 0 unspecified atom stereocenters. The van der Waals surface area contributed by atoms with E-state index in [1.165, 1.54) is 47.8 Å².